The van der Waals surface area contributed by atoms with E-state index >= 15 is 0 Å². The number of amides is 2. The van der Waals surface area contributed by atoms with Gasteiger partial charge in [-0.15, -0.1) is 0 Å². The standard InChI is InChI=1S/C22H26N3O3/c1-22(2,3)28-21(27)24-19(20(26)25-13-6-7-14-25)18-11-5-4-10-17(18)16-9-8-12-23-15-16/h4-5,8-12,19H,6-7,13-14H2,1-3H3,(H,24,27). The Bertz CT molecular complexity index is 824. The van der Waals surface area contributed by atoms with Crippen LogP contribution in [-0.2, 0) is 9.53 Å². The molecule has 1 aromatic carbocycles. The molecule has 2 aromatic rings. The highest BCUT2D eigenvalue weighted by molar-refractivity contribution is 5.89. The third-order valence-corrected chi connectivity index (χ3v) is 4.50. The first-order valence-corrected chi connectivity index (χ1v) is 9.55. The number of alkyl carbamates (subject to hydrolysis) is 1. The average molecular weight is 380 g/mol. The van der Waals surface area contributed by atoms with Gasteiger partial charge >= 0.3 is 6.09 Å². The zero-order valence-electron chi connectivity index (χ0n) is 16.6. The number of carbonyl (C=O) groups excluding carboxylic acids is 2. The summed E-state index contributed by atoms with van der Waals surface area (Å²) in [5, 5.41) is 2.79. The zero-order chi connectivity index (χ0) is 20.1. The maximum absolute atomic E-state index is 13.3. The summed E-state index contributed by atoms with van der Waals surface area (Å²) in [6.45, 7) is 6.78. The van der Waals surface area contributed by atoms with Gasteiger partial charge in [-0.05, 0) is 50.8 Å². The molecule has 1 fully saturated rings. The average Bonchev–Trinajstić information content (AvgIpc) is 3.20. The highest BCUT2D eigenvalue weighted by Gasteiger charge is 2.32. The summed E-state index contributed by atoms with van der Waals surface area (Å²) in [6, 6.07) is 10.4. The minimum atomic E-state index is -0.835. The Morgan fingerprint density at radius 2 is 1.86 bits per heavy atom. The molecule has 1 unspecified atom stereocenters. The predicted molar refractivity (Wildman–Crippen MR) is 106 cm³/mol. The van der Waals surface area contributed by atoms with Crippen LogP contribution >= 0.6 is 0 Å². The van der Waals surface area contributed by atoms with Gasteiger partial charge in [-0.25, -0.2) is 4.79 Å². The SMILES string of the molecule is CC(C)(C)OC(=O)NC(C(=O)N1CCCC1)c1ccccc1-c1[c]nccc1. The number of carbonyl (C=O) groups is 2. The Hall–Kier alpha value is -2.89. The van der Waals surface area contributed by atoms with Gasteiger partial charge in [0.25, 0.3) is 0 Å². The predicted octanol–water partition coefficient (Wildman–Crippen LogP) is 3.74. The summed E-state index contributed by atoms with van der Waals surface area (Å²) < 4.78 is 5.41. The number of pyridine rings is 1. The Morgan fingerprint density at radius 3 is 2.50 bits per heavy atom. The molecule has 2 amide bonds. The second-order valence-electron chi connectivity index (χ2n) is 7.86. The minimum Gasteiger partial charge on any atom is -0.444 e. The van der Waals surface area contributed by atoms with Crippen LogP contribution in [0.15, 0.2) is 42.6 Å². The lowest BCUT2D eigenvalue weighted by Crippen LogP contribution is -2.43. The lowest BCUT2D eigenvalue weighted by Gasteiger charge is -2.27. The molecule has 1 aromatic heterocycles. The van der Waals surface area contributed by atoms with Crippen LogP contribution in [0.25, 0.3) is 11.1 Å². The smallest absolute Gasteiger partial charge is 0.408 e. The molecular formula is C22H26N3O3. The van der Waals surface area contributed by atoms with Crippen molar-refractivity contribution in [1.82, 2.24) is 15.2 Å². The maximum Gasteiger partial charge on any atom is 0.408 e. The van der Waals surface area contributed by atoms with Crippen molar-refractivity contribution in [2.45, 2.75) is 45.3 Å². The first kappa shape index (κ1) is 19.9. The highest BCUT2D eigenvalue weighted by Crippen LogP contribution is 2.30. The molecule has 147 valence electrons. The Kier molecular flexibility index (Phi) is 5.97. The summed E-state index contributed by atoms with van der Waals surface area (Å²) in [7, 11) is 0. The van der Waals surface area contributed by atoms with Crippen LogP contribution in [0.4, 0.5) is 4.79 Å². The Labute approximate surface area is 165 Å². The van der Waals surface area contributed by atoms with Crippen LogP contribution in [0.1, 0.15) is 45.2 Å². The quantitative estimate of drug-likeness (QED) is 0.877. The molecule has 0 bridgehead atoms. The molecule has 3 rings (SSSR count). The number of benzene rings is 1. The van der Waals surface area contributed by atoms with Gasteiger partial charge in [0.2, 0.25) is 5.91 Å². The van der Waals surface area contributed by atoms with E-state index in [0.29, 0.717) is 18.7 Å². The van der Waals surface area contributed by atoms with Crippen LogP contribution in [-0.4, -0.2) is 40.6 Å². The molecule has 28 heavy (non-hydrogen) atoms. The highest BCUT2D eigenvalue weighted by atomic mass is 16.6. The van der Waals surface area contributed by atoms with E-state index in [2.05, 4.69) is 16.5 Å². The molecule has 1 N–H and O–H groups in total. The van der Waals surface area contributed by atoms with E-state index in [0.717, 1.165) is 24.0 Å². The number of nitrogens with zero attached hydrogens (tertiary/aromatic N) is 2. The van der Waals surface area contributed by atoms with Gasteiger partial charge < -0.3 is 15.0 Å². The van der Waals surface area contributed by atoms with Gasteiger partial charge in [-0.2, -0.15) is 0 Å². The van der Waals surface area contributed by atoms with E-state index < -0.39 is 17.7 Å². The van der Waals surface area contributed by atoms with E-state index in [1.807, 2.05) is 36.4 Å². The lowest BCUT2D eigenvalue weighted by molar-refractivity contribution is -0.132. The summed E-state index contributed by atoms with van der Waals surface area (Å²) in [5.41, 5.74) is 1.63. The maximum atomic E-state index is 13.3. The van der Waals surface area contributed by atoms with Gasteiger partial charge in [-0.1, -0.05) is 30.3 Å². The number of hydrogen-bond donors (Lipinski definition) is 1. The second kappa shape index (κ2) is 8.42. The number of ether oxygens (including phenoxy) is 1. The minimum absolute atomic E-state index is 0.125. The third-order valence-electron chi connectivity index (χ3n) is 4.50. The molecule has 6 heteroatoms. The molecule has 1 aliphatic rings. The van der Waals surface area contributed by atoms with Crippen molar-refractivity contribution >= 4 is 12.0 Å². The summed E-state index contributed by atoms with van der Waals surface area (Å²) in [5.74, 6) is -0.125. The topological polar surface area (TPSA) is 71.5 Å². The van der Waals surface area contributed by atoms with Crippen molar-refractivity contribution in [1.29, 1.82) is 0 Å². The molecule has 1 atom stereocenters. The van der Waals surface area contributed by atoms with E-state index in [1.165, 1.54) is 0 Å². The Balaban J connectivity index is 1.97. The monoisotopic (exact) mass is 380 g/mol. The van der Waals surface area contributed by atoms with Crippen molar-refractivity contribution in [3.8, 4) is 11.1 Å². The van der Waals surface area contributed by atoms with E-state index in [4.69, 9.17) is 4.74 Å². The number of aromatic nitrogens is 1. The summed E-state index contributed by atoms with van der Waals surface area (Å²) in [6.07, 6.45) is 5.95. The van der Waals surface area contributed by atoms with Crippen molar-refractivity contribution in [2.75, 3.05) is 13.1 Å². The van der Waals surface area contributed by atoms with Crippen LogP contribution < -0.4 is 5.32 Å². The lowest BCUT2D eigenvalue weighted by atomic mass is 9.95. The van der Waals surface area contributed by atoms with E-state index in [-0.39, 0.29) is 5.91 Å². The van der Waals surface area contributed by atoms with Crippen LogP contribution in [0.2, 0.25) is 0 Å². The second-order valence-corrected chi connectivity index (χ2v) is 7.86. The van der Waals surface area contributed by atoms with Crippen molar-refractivity contribution in [2.24, 2.45) is 0 Å². The summed E-state index contributed by atoms with van der Waals surface area (Å²) in [4.78, 5) is 31.6. The first-order chi connectivity index (χ1) is 13.3. The van der Waals surface area contributed by atoms with Crippen LogP contribution in [0.5, 0.6) is 0 Å². The van der Waals surface area contributed by atoms with E-state index in [1.54, 1.807) is 31.9 Å². The molecule has 0 saturated carbocycles. The fourth-order valence-electron chi connectivity index (χ4n) is 3.29. The number of likely N-dealkylation sites (tertiary alicyclic amines) is 1. The van der Waals surface area contributed by atoms with Crippen molar-refractivity contribution in [3.05, 3.63) is 54.4 Å². The first-order valence-electron chi connectivity index (χ1n) is 9.55. The Morgan fingerprint density at radius 1 is 1.14 bits per heavy atom. The normalized spacial score (nSPS) is 15.2. The summed E-state index contributed by atoms with van der Waals surface area (Å²) >= 11 is 0. The van der Waals surface area contributed by atoms with Gasteiger partial charge in [-0.3, -0.25) is 9.78 Å². The fourth-order valence-corrected chi connectivity index (χ4v) is 3.29. The molecular weight excluding hydrogens is 354 g/mol. The van der Waals surface area contributed by atoms with Crippen molar-refractivity contribution in [3.63, 3.8) is 0 Å². The molecule has 1 saturated heterocycles. The van der Waals surface area contributed by atoms with Crippen LogP contribution in [0.3, 0.4) is 0 Å². The van der Waals surface area contributed by atoms with Gasteiger partial charge in [0.05, 0.1) is 6.20 Å². The van der Waals surface area contributed by atoms with Gasteiger partial charge in [0.1, 0.15) is 11.6 Å². The molecule has 2 heterocycles. The largest absolute Gasteiger partial charge is 0.444 e. The van der Waals surface area contributed by atoms with Crippen LogP contribution in [0, 0.1) is 6.20 Å². The molecule has 0 spiro atoms. The fraction of sp³-hybridized carbons (Fsp3) is 0.409. The van der Waals surface area contributed by atoms with Gasteiger partial charge in [0.15, 0.2) is 0 Å². The number of hydrogen-bond acceptors (Lipinski definition) is 4. The number of rotatable bonds is 4. The van der Waals surface area contributed by atoms with Crippen molar-refractivity contribution < 1.29 is 14.3 Å². The zero-order valence-corrected chi connectivity index (χ0v) is 16.6. The molecule has 0 aliphatic carbocycles. The molecule has 1 radical (unpaired) electrons. The third kappa shape index (κ3) is 4.88. The molecule has 6 nitrogen and oxygen atoms in total. The molecule has 1 aliphatic heterocycles. The van der Waals surface area contributed by atoms with Gasteiger partial charge in [0, 0.05) is 24.8 Å². The number of nitrogens with one attached hydrogen (secondary N) is 1. The van der Waals surface area contributed by atoms with E-state index in [9.17, 15) is 9.59 Å².